The van der Waals surface area contributed by atoms with Gasteiger partial charge in [-0.2, -0.15) is 11.3 Å². The number of amides is 1. The van der Waals surface area contributed by atoms with Gasteiger partial charge in [0.2, 0.25) is 0 Å². The molecule has 1 N–H and O–H groups in total. The molecule has 1 unspecified atom stereocenters. The molecular weight excluding hydrogens is 619 g/mol. The van der Waals surface area contributed by atoms with Crippen LogP contribution in [-0.2, 0) is 27.4 Å². The Morgan fingerprint density at radius 1 is 1.02 bits per heavy atom. The van der Waals surface area contributed by atoms with E-state index in [1.54, 1.807) is 11.3 Å². The molecule has 1 amide bonds. The van der Waals surface area contributed by atoms with Gasteiger partial charge in [-0.25, -0.2) is 0 Å². The molecule has 3 heterocycles. The van der Waals surface area contributed by atoms with Gasteiger partial charge in [0.25, 0.3) is 5.91 Å². The second kappa shape index (κ2) is 16.4. The van der Waals surface area contributed by atoms with E-state index < -0.39 is 0 Å². The lowest BCUT2D eigenvalue weighted by Gasteiger charge is -2.31. The third-order valence-corrected chi connectivity index (χ3v) is 9.83. The van der Waals surface area contributed by atoms with Gasteiger partial charge in [-0.1, -0.05) is 37.3 Å². The van der Waals surface area contributed by atoms with Crippen molar-refractivity contribution in [3.63, 3.8) is 0 Å². The number of hydrogen-bond acceptors (Lipinski definition) is 7. The number of fused-ring (bicyclic) bond motifs is 1. The molecule has 252 valence electrons. The van der Waals surface area contributed by atoms with Crippen molar-refractivity contribution < 1.29 is 19.0 Å². The molecule has 3 aromatic carbocycles. The third-order valence-electron chi connectivity index (χ3n) is 9.10. The zero-order chi connectivity index (χ0) is 33.3. The van der Waals surface area contributed by atoms with E-state index >= 15 is 0 Å². The first kappa shape index (κ1) is 33.9. The molecule has 2 aliphatic rings. The van der Waals surface area contributed by atoms with Crippen molar-refractivity contribution >= 4 is 34.7 Å². The van der Waals surface area contributed by atoms with Gasteiger partial charge in [-0.05, 0) is 127 Å². The average molecular weight is 666 g/mol. The van der Waals surface area contributed by atoms with E-state index in [-0.39, 0.29) is 12.2 Å². The SMILES string of the molecule is CCCOC(C)Oc1ccc(-c2ccc3c(c2)C=C(C(=O)Nc2ccc(CN(C)C4CCOCC4)cc2)CCN3Cc2ccsc2)cc1. The van der Waals surface area contributed by atoms with Gasteiger partial charge in [0.1, 0.15) is 5.75 Å². The van der Waals surface area contributed by atoms with E-state index in [2.05, 4.69) is 94.5 Å². The maximum Gasteiger partial charge on any atom is 0.251 e. The number of hydrogen-bond donors (Lipinski definition) is 1. The Labute approximate surface area is 289 Å². The summed E-state index contributed by atoms with van der Waals surface area (Å²) in [6, 6.07) is 25.7. The molecule has 0 spiro atoms. The minimum atomic E-state index is -0.297. The summed E-state index contributed by atoms with van der Waals surface area (Å²) >= 11 is 1.71. The van der Waals surface area contributed by atoms with Crippen LogP contribution < -0.4 is 15.0 Å². The number of rotatable bonds is 13. The van der Waals surface area contributed by atoms with Crippen molar-refractivity contribution in [3.05, 3.63) is 106 Å². The van der Waals surface area contributed by atoms with Crippen LogP contribution in [0.25, 0.3) is 17.2 Å². The minimum absolute atomic E-state index is 0.0586. The predicted molar refractivity (Wildman–Crippen MR) is 197 cm³/mol. The van der Waals surface area contributed by atoms with E-state index in [1.807, 2.05) is 31.2 Å². The number of benzene rings is 3. The van der Waals surface area contributed by atoms with Gasteiger partial charge >= 0.3 is 0 Å². The van der Waals surface area contributed by atoms with E-state index in [9.17, 15) is 4.79 Å². The molecule has 2 aliphatic heterocycles. The van der Waals surface area contributed by atoms with Crippen LogP contribution >= 0.6 is 11.3 Å². The molecule has 1 atom stereocenters. The molecule has 0 bridgehead atoms. The normalized spacial score (nSPS) is 15.8. The maximum absolute atomic E-state index is 13.7. The van der Waals surface area contributed by atoms with Gasteiger partial charge in [0, 0.05) is 55.8 Å². The first-order valence-corrected chi connectivity index (χ1v) is 18.1. The molecule has 1 fully saturated rings. The quantitative estimate of drug-likeness (QED) is 0.144. The highest BCUT2D eigenvalue weighted by atomic mass is 32.1. The largest absolute Gasteiger partial charge is 0.465 e. The number of carbonyl (C=O) groups excluding carboxylic acids is 1. The average Bonchev–Trinajstić information content (AvgIpc) is 3.56. The summed E-state index contributed by atoms with van der Waals surface area (Å²) in [4.78, 5) is 18.5. The van der Waals surface area contributed by atoms with E-state index in [0.29, 0.717) is 19.1 Å². The molecule has 6 rings (SSSR count). The number of carbonyl (C=O) groups is 1. The second-order valence-electron chi connectivity index (χ2n) is 12.7. The summed E-state index contributed by atoms with van der Waals surface area (Å²) < 4.78 is 17.1. The van der Waals surface area contributed by atoms with Gasteiger partial charge in [0.05, 0.1) is 6.61 Å². The lowest BCUT2D eigenvalue weighted by atomic mass is 10.00. The van der Waals surface area contributed by atoms with Gasteiger partial charge < -0.3 is 24.4 Å². The molecule has 0 saturated carbocycles. The molecule has 0 aliphatic carbocycles. The third kappa shape index (κ3) is 8.94. The Balaban J connectivity index is 1.18. The van der Waals surface area contributed by atoms with Gasteiger partial charge in [-0.15, -0.1) is 0 Å². The maximum atomic E-state index is 13.7. The Hall–Kier alpha value is -3.95. The van der Waals surface area contributed by atoms with E-state index in [0.717, 1.165) is 91.5 Å². The smallest absolute Gasteiger partial charge is 0.251 e. The summed E-state index contributed by atoms with van der Waals surface area (Å²) in [6.07, 6.45) is 5.53. The van der Waals surface area contributed by atoms with Crippen LogP contribution in [0.3, 0.4) is 0 Å². The summed E-state index contributed by atoms with van der Waals surface area (Å²) in [6.45, 7) is 8.78. The van der Waals surface area contributed by atoms with E-state index in [4.69, 9.17) is 14.2 Å². The van der Waals surface area contributed by atoms with Crippen molar-refractivity contribution in [1.82, 2.24) is 4.90 Å². The Bertz CT molecular complexity index is 1650. The van der Waals surface area contributed by atoms with E-state index in [1.165, 1.54) is 11.1 Å². The van der Waals surface area contributed by atoms with Crippen LogP contribution in [-0.4, -0.2) is 56.6 Å². The number of nitrogens with zero attached hydrogens (tertiary/aromatic N) is 2. The summed E-state index contributed by atoms with van der Waals surface area (Å²) in [7, 11) is 2.18. The highest BCUT2D eigenvalue weighted by molar-refractivity contribution is 7.07. The molecule has 48 heavy (non-hydrogen) atoms. The Morgan fingerprint density at radius 3 is 2.52 bits per heavy atom. The number of thiophene rings is 1. The zero-order valence-corrected chi connectivity index (χ0v) is 29.1. The Kier molecular flexibility index (Phi) is 11.6. The Morgan fingerprint density at radius 2 is 1.79 bits per heavy atom. The number of anilines is 2. The lowest BCUT2D eigenvalue weighted by molar-refractivity contribution is -0.112. The standard InChI is InChI=1S/C40H47N3O4S/c1-4-20-46-29(2)47-38-12-7-32(8-13-38)33-9-14-39-35(24-33)25-34(15-19-43(39)27-31-18-23-48-28-31)40(44)41-36-10-5-30(6-11-36)26-42(3)37-16-21-45-22-17-37/h5-14,18,23-25,28-29,37H,4,15-17,19-22,26-27H2,1-3H3,(H,41,44). The molecule has 7 nitrogen and oxygen atoms in total. The first-order valence-electron chi connectivity index (χ1n) is 17.1. The van der Waals surface area contributed by atoms with Gasteiger partial charge in [0.15, 0.2) is 6.29 Å². The topological polar surface area (TPSA) is 63.3 Å². The van der Waals surface area contributed by atoms with Gasteiger partial charge in [-0.3, -0.25) is 9.69 Å². The zero-order valence-electron chi connectivity index (χ0n) is 28.3. The molecular formula is C40H47N3O4S. The van der Waals surface area contributed by atoms with Crippen molar-refractivity contribution in [2.45, 2.75) is 65.0 Å². The minimum Gasteiger partial charge on any atom is -0.465 e. The summed E-state index contributed by atoms with van der Waals surface area (Å²) in [5.41, 5.74) is 8.44. The summed E-state index contributed by atoms with van der Waals surface area (Å²) in [5.74, 6) is 0.717. The molecule has 1 aromatic heterocycles. The van der Waals surface area contributed by atoms with Crippen LogP contribution in [0.15, 0.2) is 89.1 Å². The molecule has 4 aromatic rings. The fraction of sp³-hybridized carbons (Fsp3) is 0.375. The molecule has 0 radical (unpaired) electrons. The number of ether oxygens (including phenoxy) is 3. The first-order chi connectivity index (χ1) is 23.4. The van der Waals surface area contributed by atoms with Crippen LogP contribution in [0, 0.1) is 0 Å². The monoisotopic (exact) mass is 665 g/mol. The van der Waals surface area contributed by atoms with Crippen molar-refractivity contribution in [1.29, 1.82) is 0 Å². The van der Waals surface area contributed by atoms with Crippen LogP contribution in [0.1, 0.15) is 56.2 Å². The fourth-order valence-corrected chi connectivity index (χ4v) is 7.06. The fourth-order valence-electron chi connectivity index (χ4n) is 6.40. The van der Waals surface area contributed by atoms with Crippen LogP contribution in [0.2, 0.25) is 0 Å². The number of nitrogens with one attached hydrogen (secondary N) is 1. The molecule has 8 heteroatoms. The lowest BCUT2D eigenvalue weighted by Crippen LogP contribution is -2.36. The highest BCUT2D eigenvalue weighted by Crippen LogP contribution is 2.34. The highest BCUT2D eigenvalue weighted by Gasteiger charge is 2.22. The predicted octanol–water partition coefficient (Wildman–Crippen LogP) is 8.61. The molecule has 1 saturated heterocycles. The van der Waals surface area contributed by atoms with Crippen LogP contribution in [0.5, 0.6) is 5.75 Å². The summed E-state index contributed by atoms with van der Waals surface area (Å²) in [5, 5.41) is 7.49. The van der Waals surface area contributed by atoms with Crippen LogP contribution in [0.4, 0.5) is 11.4 Å². The van der Waals surface area contributed by atoms with Crippen molar-refractivity contribution in [3.8, 4) is 16.9 Å². The second-order valence-corrected chi connectivity index (χ2v) is 13.5. The van der Waals surface area contributed by atoms with Crippen molar-refractivity contribution in [2.75, 3.05) is 43.6 Å². The van der Waals surface area contributed by atoms with Crippen molar-refractivity contribution in [2.24, 2.45) is 0 Å².